The van der Waals surface area contributed by atoms with Gasteiger partial charge in [0.25, 0.3) is 5.91 Å². The Morgan fingerprint density at radius 2 is 2.47 bits per heavy atom. The summed E-state index contributed by atoms with van der Waals surface area (Å²) in [5.41, 5.74) is -0.138. The van der Waals surface area contributed by atoms with E-state index in [0.29, 0.717) is 0 Å². The Balaban J connectivity index is 2.46. The van der Waals surface area contributed by atoms with Gasteiger partial charge < -0.3 is 15.3 Å². The second-order valence-electron chi connectivity index (χ2n) is 3.17. The first-order valence-electron chi connectivity index (χ1n) is 4.43. The van der Waals surface area contributed by atoms with Crippen LogP contribution in [-0.2, 0) is 14.4 Å². The number of hydrogen-bond acceptors (Lipinski definition) is 4. The third-order valence-electron chi connectivity index (χ3n) is 1.93. The molecule has 1 aliphatic rings. The lowest BCUT2D eigenvalue weighted by atomic mass is 10.1. The van der Waals surface area contributed by atoms with Crippen LogP contribution in [0.1, 0.15) is 13.3 Å². The standard InChI is InChI=1S/C9H12N2O4/c1-3-5(2)10-8(12)7-4-6(9(13)14)11-15-7/h3,5,7H,1,4H2,2H3,(H,10,12)(H,13,14). The molecule has 82 valence electrons. The van der Waals surface area contributed by atoms with Crippen LogP contribution in [0.4, 0.5) is 0 Å². The van der Waals surface area contributed by atoms with Crippen molar-refractivity contribution >= 4 is 17.6 Å². The van der Waals surface area contributed by atoms with Gasteiger partial charge in [-0.05, 0) is 6.92 Å². The van der Waals surface area contributed by atoms with E-state index >= 15 is 0 Å². The smallest absolute Gasteiger partial charge is 0.353 e. The van der Waals surface area contributed by atoms with Crippen LogP contribution in [0.2, 0.25) is 0 Å². The maximum Gasteiger partial charge on any atom is 0.353 e. The SMILES string of the molecule is C=CC(C)NC(=O)C1CC(C(=O)O)=NO1. The molecule has 0 spiro atoms. The molecule has 6 heteroatoms. The van der Waals surface area contributed by atoms with Crippen molar-refractivity contribution in [2.75, 3.05) is 0 Å². The van der Waals surface area contributed by atoms with Crippen molar-refractivity contribution < 1.29 is 19.5 Å². The Kier molecular flexibility index (Phi) is 3.43. The molecule has 0 aromatic rings. The lowest BCUT2D eigenvalue weighted by Gasteiger charge is -2.12. The summed E-state index contributed by atoms with van der Waals surface area (Å²) in [5, 5.41) is 14.5. The van der Waals surface area contributed by atoms with Crippen molar-refractivity contribution in [3.8, 4) is 0 Å². The molecule has 1 heterocycles. The number of carboxylic acids is 1. The molecule has 1 aliphatic heterocycles. The van der Waals surface area contributed by atoms with Crippen LogP contribution < -0.4 is 5.32 Å². The monoisotopic (exact) mass is 212 g/mol. The van der Waals surface area contributed by atoms with Crippen LogP contribution in [-0.4, -0.2) is 34.8 Å². The molecule has 2 N–H and O–H groups in total. The van der Waals surface area contributed by atoms with Gasteiger partial charge in [0.2, 0.25) is 6.10 Å². The van der Waals surface area contributed by atoms with Crippen molar-refractivity contribution in [3.63, 3.8) is 0 Å². The second-order valence-corrected chi connectivity index (χ2v) is 3.17. The summed E-state index contributed by atoms with van der Waals surface area (Å²) in [6, 6.07) is -0.185. The Bertz CT molecular complexity index is 324. The molecule has 1 rings (SSSR count). The molecule has 0 aromatic carbocycles. The van der Waals surface area contributed by atoms with E-state index in [1.54, 1.807) is 13.0 Å². The molecule has 0 saturated carbocycles. The van der Waals surface area contributed by atoms with E-state index in [0.717, 1.165) is 0 Å². The third kappa shape index (κ3) is 2.80. The Morgan fingerprint density at radius 3 is 2.93 bits per heavy atom. The molecule has 0 aliphatic carbocycles. The lowest BCUT2D eigenvalue weighted by Crippen LogP contribution is -2.39. The topological polar surface area (TPSA) is 88.0 Å². The number of rotatable bonds is 4. The van der Waals surface area contributed by atoms with E-state index in [1.807, 2.05) is 0 Å². The van der Waals surface area contributed by atoms with Crippen molar-refractivity contribution in [3.05, 3.63) is 12.7 Å². The highest BCUT2D eigenvalue weighted by molar-refractivity contribution is 6.36. The average Bonchev–Trinajstić information content (AvgIpc) is 2.66. The number of oxime groups is 1. The van der Waals surface area contributed by atoms with Crippen LogP contribution in [0, 0.1) is 0 Å². The molecule has 1 amide bonds. The van der Waals surface area contributed by atoms with Gasteiger partial charge in [0.05, 0.1) is 0 Å². The molecule has 6 nitrogen and oxygen atoms in total. The maximum absolute atomic E-state index is 11.4. The van der Waals surface area contributed by atoms with Gasteiger partial charge in [0, 0.05) is 12.5 Å². The minimum atomic E-state index is -1.16. The molecular weight excluding hydrogens is 200 g/mol. The van der Waals surface area contributed by atoms with Crippen LogP contribution in [0.5, 0.6) is 0 Å². The Labute approximate surface area is 86.6 Å². The summed E-state index contributed by atoms with van der Waals surface area (Å²) in [6.45, 7) is 5.25. The molecule has 15 heavy (non-hydrogen) atoms. The van der Waals surface area contributed by atoms with Gasteiger partial charge in [-0.3, -0.25) is 4.79 Å². The highest BCUT2D eigenvalue weighted by Gasteiger charge is 2.31. The normalized spacial score (nSPS) is 21.1. The minimum Gasteiger partial charge on any atom is -0.477 e. The molecule has 0 aromatic heterocycles. The highest BCUT2D eigenvalue weighted by Crippen LogP contribution is 2.10. The number of carbonyl (C=O) groups is 2. The van der Waals surface area contributed by atoms with Crippen LogP contribution >= 0.6 is 0 Å². The number of aliphatic carboxylic acids is 1. The summed E-state index contributed by atoms with van der Waals surface area (Å²) < 4.78 is 0. The summed E-state index contributed by atoms with van der Waals surface area (Å²) in [4.78, 5) is 26.6. The molecule has 2 atom stereocenters. The van der Waals surface area contributed by atoms with E-state index in [9.17, 15) is 9.59 Å². The van der Waals surface area contributed by atoms with E-state index in [2.05, 4.69) is 17.1 Å². The predicted molar refractivity (Wildman–Crippen MR) is 52.4 cm³/mol. The van der Waals surface area contributed by atoms with Gasteiger partial charge in [-0.15, -0.1) is 6.58 Å². The second kappa shape index (κ2) is 4.59. The van der Waals surface area contributed by atoms with Crippen molar-refractivity contribution in [1.29, 1.82) is 0 Å². The number of nitrogens with zero attached hydrogens (tertiary/aromatic N) is 1. The van der Waals surface area contributed by atoms with Crippen LogP contribution in [0.3, 0.4) is 0 Å². The van der Waals surface area contributed by atoms with Crippen molar-refractivity contribution in [2.45, 2.75) is 25.5 Å². The first kappa shape index (κ1) is 11.2. The quantitative estimate of drug-likeness (QED) is 0.637. The molecular formula is C9H12N2O4. The minimum absolute atomic E-state index is 0.00890. The third-order valence-corrected chi connectivity index (χ3v) is 1.93. The number of nitrogens with one attached hydrogen (secondary N) is 1. The van der Waals surface area contributed by atoms with Gasteiger partial charge in [-0.1, -0.05) is 11.2 Å². The molecule has 0 saturated heterocycles. The van der Waals surface area contributed by atoms with Crippen molar-refractivity contribution in [2.24, 2.45) is 5.16 Å². The number of hydrogen-bond donors (Lipinski definition) is 2. The molecule has 2 unspecified atom stereocenters. The zero-order valence-corrected chi connectivity index (χ0v) is 8.27. The Hall–Kier alpha value is -1.85. The summed E-state index contributed by atoms with van der Waals surface area (Å²) in [5.74, 6) is -1.55. The van der Waals surface area contributed by atoms with E-state index in [1.165, 1.54) is 0 Å². The molecule has 0 fully saturated rings. The van der Waals surface area contributed by atoms with Gasteiger partial charge in [0.15, 0.2) is 5.71 Å². The number of carbonyl (C=O) groups excluding carboxylic acids is 1. The fourth-order valence-corrected chi connectivity index (χ4v) is 1.02. The van der Waals surface area contributed by atoms with Crippen LogP contribution in [0.25, 0.3) is 0 Å². The van der Waals surface area contributed by atoms with Gasteiger partial charge in [0.1, 0.15) is 0 Å². The predicted octanol–water partition coefficient (Wildman–Crippen LogP) is -0.0934. The van der Waals surface area contributed by atoms with E-state index < -0.39 is 12.1 Å². The fraction of sp³-hybridized carbons (Fsp3) is 0.444. The van der Waals surface area contributed by atoms with Crippen LogP contribution in [0.15, 0.2) is 17.8 Å². The first-order chi connectivity index (χ1) is 7.04. The summed E-state index contributed by atoms with van der Waals surface area (Å²) >= 11 is 0. The van der Waals surface area contributed by atoms with Gasteiger partial charge in [-0.25, -0.2) is 4.79 Å². The first-order valence-corrected chi connectivity index (χ1v) is 4.43. The number of carboxylic acid groups (broad SMARTS) is 1. The summed E-state index contributed by atoms with van der Waals surface area (Å²) in [7, 11) is 0. The molecule has 0 bridgehead atoms. The lowest BCUT2D eigenvalue weighted by molar-refractivity contribution is -0.131. The number of amides is 1. The maximum atomic E-state index is 11.4. The largest absolute Gasteiger partial charge is 0.477 e. The highest BCUT2D eigenvalue weighted by atomic mass is 16.6. The average molecular weight is 212 g/mol. The Morgan fingerprint density at radius 1 is 1.80 bits per heavy atom. The fourth-order valence-electron chi connectivity index (χ4n) is 1.02. The summed E-state index contributed by atoms with van der Waals surface area (Å²) in [6.07, 6.45) is 0.704. The van der Waals surface area contributed by atoms with Gasteiger partial charge in [-0.2, -0.15) is 0 Å². The molecule has 0 radical (unpaired) electrons. The zero-order chi connectivity index (χ0) is 11.4. The zero-order valence-electron chi connectivity index (χ0n) is 8.27. The van der Waals surface area contributed by atoms with Gasteiger partial charge >= 0.3 is 5.97 Å². The van der Waals surface area contributed by atoms with E-state index in [4.69, 9.17) is 9.94 Å². The van der Waals surface area contributed by atoms with Crippen molar-refractivity contribution in [1.82, 2.24) is 5.32 Å². The van der Waals surface area contributed by atoms with E-state index in [-0.39, 0.29) is 24.1 Å².